The highest BCUT2D eigenvalue weighted by molar-refractivity contribution is 6.10. The molecule has 0 fully saturated rings. The number of methoxy groups -OCH3 is 1. The molecule has 0 saturated carbocycles. The minimum Gasteiger partial charge on any atom is -0.479 e. The van der Waals surface area contributed by atoms with Gasteiger partial charge in [0.05, 0.1) is 6.54 Å². The Morgan fingerprint density at radius 2 is 2.00 bits per heavy atom. The van der Waals surface area contributed by atoms with Crippen LogP contribution >= 0.6 is 0 Å². The molecule has 122 valence electrons. The molecule has 0 saturated heterocycles. The zero-order valence-electron chi connectivity index (χ0n) is 13.2. The quantitative estimate of drug-likeness (QED) is 0.790. The van der Waals surface area contributed by atoms with Crippen molar-refractivity contribution in [3.8, 4) is 0 Å². The highest BCUT2D eigenvalue weighted by atomic mass is 16.5. The molecule has 0 aliphatic carbocycles. The van der Waals surface area contributed by atoms with Gasteiger partial charge >= 0.3 is 5.97 Å². The van der Waals surface area contributed by atoms with Gasteiger partial charge in [-0.15, -0.1) is 0 Å². The summed E-state index contributed by atoms with van der Waals surface area (Å²) in [6.45, 7) is 3.54. The number of hydrogen-bond acceptors (Lipinski definition) is 4. The first kappa shape index (κ1) is 16.7. The van der Waals surface area contributed by atoms with Crippen molar-refractivity contribution in [2.24, 2.45) is 0 Å². The number of benzene rings is 1. The fraction of sp³-hybridized carbons (Fsp3) is 0.312. The van der Waals surface area contributed by atoms with Crippen LogP contribution in [-0.4, -0.2) is 39.5 Å². The minimum atomic E-state index is -1.96. The maximum absolute atomic E-state index is 12.2. The SMILES string of the molecule is COC(C)(C(=O)O)C(=O)Nc1nn(Cc2ccccc2)cc1C. The molecule has 2 rings (SSSR count). The highest BCUT2D eigenvalue weighted by Gasteiger charge is 2.42. The number of ether oxygens (including phenoxy) is 1. The number of carbonyl (C=O) groups is 2. The van der Waals surface area contributed by atoms with Crippen LogP contribution in [0.2, 0.25) is 0 Å². The number of nitrogens with zero attached hydrogens (tertiary/aromatic N) is 2. The van der Waals surface area contributed by atoms with E-state index in [-0.39, 0.29) is 0 Å². The molecule has 7 heteroatoms. The number of carbonyl (C=O) groups excluding carboxylic acids is 1. The van der Waals surface area contributed by atoms with E-state index < -0.39 is 17.5 Å². The Morgan fingerprint density at radius 3 is 2.57 bits per heavy atom. The fourth-order valence-electron chi connectivity index (χ4n) is 2.00. The standard InChI is InChI=1S/C16H19N3O4/c1-11-9-19(10-12-7-5-4-6-8-12)18-13(11)17-14(20)16(2,23-3)15(21)22/h4-9H,10H2,1-3H3,(H,21,22)(H,17,18,20). The van der Waals surface area contributed by atoms with Crippen molar-refractivity contribution in [2.45, 2.75) is 26.0 Å². The predicted octanol–water partition coefficient (Wildman–Crippen LogP) is 1.67. The lowest BCUT2D eigenvalue weighted by Gasteiger charge is -2.21. The topological polar surface area (TPSA) is 93.4 Å². The molecule has 1 amide bonds. The van der Waals surface area contributed by atoms with Gasteiger partial charge in [0.1, 0.15) is 0 Å². The minimum absolute atomic E-state index is 0.315. The van der Waals surface area contributed by atoms with Gasteiger partial charge < -0.3 is 15.2 Å². The average Bonchev–Trinajstić information content (AvgIpc) is 2.86. The first-order chi connectivity index (χ1) is 10.9. The summed E-state index contributed by atoms with van der Waals surface area (Å²) in [5.41, 5.74) is -0.159. The molecule has 1 aromatic heterocycles. The predicted molar refractivity (Wildman–Crippen MR) is 84.2 cm³/mol. The zero-order valence-corrected chi connectivity index (χ0v) is 13.2. The number of aryl methyl sites for hydroxylation is 1. The van der Waals surface area contributed by atoms with E-state index in [0.29, 0.717) is 12.4 Å². The summed E-state index contributed by atoms with van der Waals surface area (Å²) in [4.78, 5) is 23.4. The van der Waals surface area contributed by atoms with Crippen molar-refractivity contribution < 1.29 is 19.4 Å². The van der Waals surface area contributed by atoms with Gasteiger partial charge in [-0.3, -0.25) is 9.48 Å². The summed E-state index contributed by atoms with van der Waals surface area (Å²) in [5.74, 6) is -1.82. The summed E-state index contributed by atoms with van der Waals surface area (Å²) >= 11 is 0. The summed E-state index contributed by atoms with van der Waals surface area (Å²) in [5, 5.41) is 15.9. The first-order valence-electron chi connectivity index (χ1n) is 7.05. The molecular formula is C16H19N3O4. The van der Waals surface area contributed by atoms with Gasteiger partial charge in [0.15, 0.2) is 5.82 Å². The van der Waals surface area contributed by atoms with Crippen LogP contribution in [-0.2, 0) is 20.9 Å². The Morgan fingerprint density at radius 1 is 1.35 bits per heavy atom. The Balaban J connectivity index is 2.15. The monoisotopic (exact) mass is 317 g/mol. The highest BCUT2D eigenvalue weighted by Crippen LogP contribution is 2.17. The third-order valence-corrected chi connectivity index (χ3v) is 3.61. The van der Waals surface area contributed by atoms with Gasteiger partial charge in [-0.1, -0.05) is 30.3 Å². The molecule has 0 aliphatic heterocycles. The van der Waals surface area contributed by atoms with Crippen molar-refractivity contribution in [3.05, 3.63) is 47.7 Å². The van der Waals surface area contributed by atoms with Gasteiger partial charge in [0, 0.05) is 18.9 Å². The molecule has 1 atom stereocenters. The maximum atomic E-state index is 12.2. The van der Waals surface area contributed by atoms with Crippen molar-refractivity contribution in [3.63, 3.8) is 0 Å². The normalized spacial score (nSPS) is 13.3. The molecule has 23 heavy (non-hydrogen) atoms. The summed E-state index contributed by atoms with van der Waals surface area (Å²) in [7, 11) is 1.18. The number of aliphatic carboxylic acids is 1. The van der Waals surface area contributed by atoms with Crippen LogP contribution in [0.5, 0.6) is 0 Å². The Bertz CT molecular complexity index is 711. The van der Waals surface area contributed by atoms with Gasteiger partial charge in [0.25, 0.3) is 5.91 Å². The van der Waals surface area contributed by atoms with Crippen LogP contribution in [0.15, 0.2) is 36.5 Å². The van der Waals surface area contributed by atoms with E-state index in [1.54, 1.807) is 17.8 Å². The van der Waals surface area contributed by atoms with Crippen LogP contribution < -0.4 is 5.32 Å². The van der Waals surface area contributed by atoms with Crippen molar-refractivity contribution in [1.29, 1.82) is 0 Å². The summed E-state index contributed by atoms with van der Waals surface area (Å²) in [6, 6.07) is 9.75. The molecule has 1 unspecified atom stereocenters. The van der Waals surface area contributed by atoms with Gasteiger partial charge in [-0.05, 0) is 19.4 Å². The molecule has 1 aromatic carbocycles. The number of carboxylic acid groups (broad SMARTS) is 1. The maximum Gasteiger partial charge on any atom is 0.345 e. The van der Waals surface area contributed by atoms with E-state index in [1.165, 1.54) is 14.0 Å². The van der Waals surface area contributed by atoms with Crippen LogP contribution in [0.1, 0.15) is 18.1 Å². The van der Waals surface area contributed by atoms with E-state index in [0.717, 1.165) is 11.1 Å². The number of nitrogens with one attached hydrogen (secondary N) is 1. The first-order valence-corrected chi connectivity index (χ1v) is 7.05. The summed E-state index contributed by atoms with van der Waals surface area (Å²) in [6.07, 6.45) is 1.79. The van der Waals surface area contributed by atoms with Crippen LogP contribution in [0.25, 0.3) is 0 Å². The third kappa shape index (κ3) is 3.57. The summed E-state index contributed by atoms with van der Waals surface area (Å²) < 4.78 is 6.52. The number of rotatable bonds is 6. The van der Waals surface area contributed by atoms with Gasteiger partial charge in [-0.25, -0.2) is 4.79 Å². The molecular weight excluding hydrogens is 298 g/mol. The Labute approximate surface area is 133 Å². The van der Waals surface area contributed by atoms with E-state index in [4.69, 9.17) is 9.84 Å². The average molecular weight is 317 g/mol. The van der Waals surface area contributed by atoms with E-state index >= 15 is 0 Å². The fourth-order valence-corrected chi connectivity index (χ4v) is 2.00. The van der Waals surface area contributed by atoms with Crippen molar-refractivity contribution in [2.75, 3.05) is 12.4 Å². The molecule has 0 spiro atoms. The molecule has 0 radical (unpaired) electrons. The van der Waals surface area contributed by atoms with E-state index in [2.05, 4.69) is 10.4 Å². The molecule has 0 aliphatic rings. The molecule has 0 bridgehead atoms. The van der Waals surface area contributed by atoms with E-state index in [9.17, 15) is 9.59 Å². The molecule has 2 aromatic rings. The number of aromatic nitrogens is 2. The second kappa shape index (κ2) is 6.62. The second-order valence-corrected chi connectivity index (χ2v) is 5.34. The molecule has 7 nitrogen and oxygen atoms in total. The number of anilines is 1. The Hall–Kier alpha value is -2.67. The lowest BCUT2D eigenvalue weighted by molar-refractivity contribution is -0.165. The smallest absolute Gasteiger partial charge is 0.345 e. The van der Waals surface area contributed by atoms with Crippen molar-refractivity contribution >= 4 is 17.7 Å². The second-order valence-electron chi connectivity index (χ2n) is 5.34. The van der Waals surface area contributed by atoms with Crippen LogP contribution in [0.4, 0.5) is 5.82 Å². The molecule has 1 heterocycles. The number of hydrogen-bond donors (Lipinski definition) is 2. The van der Waals surface area contributed by atoms with Crippen molar-refractivity contribution in [1.82, 2.24) is 9.78 Å². The lowest BCUT2D eigenvalue weighted by atomic mass is 10.1. The zero-order chi connectivity index (χ0) is 17.0. The number of carboxylic acids is 1. The lowest BCUT2D eigenvalue weighted by Crippen LogP contribution is -2.49. The number of amides is 1. The molecule has 2 N–H and O–H groups in total. The van der Waals surface area contributed by atoms with Crippen LogP contribution in [0, 0.1) is 6.92 Å². The van der Waals surface area contributed by atoms with Crippen LogP contribution in [0.3, 0.4) is 0 Å². The van der Waals surface area contributed by atoms with Gasteiger partial charge in [-0.2, -0.15) is 5.10 Å². The van der Waals surface area contributed by atoms with Gasteiger partial charge in [0.2, 0.25) is 5.60 Å². The largest absolute Gasteiger partial charge is 0.479 e. The Kier molecular flexibility index (Phi) is 4.80. The van der Waals surface area contributed by atoms with E-state index in [1.807, 2.05) is 30.3 Å². The third-order valence-electron chi connectivity index (χ3n) is 3.61.